The van der Waals surface area contributed by atoms with Crippen molar-refractivity contribution in [3.05, 3.63) is 26.0 Å². The fourth-order valence-corrected chi connectivity index (χ4v) is 2.49. The molecule has 20 heavy (non-hydrogen) atoms. The number of carbonyl (C=O) groups is 1. The second kappa shape index (κ2) is 7.81. The van der Waals surface area contributed by atoms with E-state index in [0.717, 1.165) is 11.3 Å². The fourth-order valence-electron chi connectivity index (χ4n) is 1.49. The average molecular weight is 300 g/mol. The van der Waals surface area contributed by atoms with Gasteiger partial charge >= 0.3 is 5.97 Å². The molecule has 0 aliphatic carbocycles. The van der Waals surface area contributed by atoms with Gasteiger partial charge in [0.25, 0.3) is 0 Å². The third-order valence-corrected chi connectivity index (χ3v) is 3.69. The molecule has 1 heterocycles. The van der Waals surface area contributed by atoms with Crippen LogP contribution in [0.25, 0.3) is 10.4 Å². The maximum atomic E-state index is 11.6. The number of hydrogen-bond acceptors (Lipinski definition) is 7. The molecule has 0 aliphatic rings. The Morgan fingerprint density at radius 1 is 1.60 bits per heavy atom. The van der Waals surface area contributed by atoms with Crippen molar-refractivity contribution in [3.8, 4) is 0 Å². The lowest BCUT2D eigenvalue weighted by molar-refractivity contribution is 0.0148. The first kappa shape index (κ1) is 16.4. The number of azide groups is 1. The van der Waals surface area contributed by atoms with Crippen LogP contribution in [-0.2, 0) is 4.74 Å². The number of nitrogens with zero attached hydrogens (tertiary/aromatic N) is 4. The van der Waals surface area contributed by atoms with E-state index in [-0.39, 0.29) is 24.6 Å². The molecule has 110 valence electrons. The van der Waals surface area contributed by atoms with Crippen LogP contribution in [0.3, 0.4) is 0 Å². The van der Waals surface area contributed by atoms with Gasteiger partial charge in [0.1, 0.15) is 16.0 Å². The van der Waals surface area contributed by atoms with Gasteiger partial charge in [-0.3, -0.25) is 0 Å². The number of carbonyl (C=O) groups excluding carboxylic acids is 1. The lowest BCUT2D eigenvalue weighted by Gasteiger charge is -2.14. The molecule has 0 amide bonds. The van der Waals surface area contributed by atoms with Gasteiger partial charge in [0.05, 0.1) is 18.4 Å². The van der Waals surface area contributed by atoms with Gasteiger partial charge in [0.2, 0.25) is 0 Å². The molecule has 9 heteroatoms. The molecule has 0 spiro atoms. The quantitative estimate of drug-likeness (QED) is 0.343. The topological polar surface area (TPSA) is 128 Å². The summed E-state index contributed by atoms with van der Waals surface area (Å²) in [5.74, 6) is -0.496. The van der Waals surface area contributed by atoms with Gasteiger partial charge in [-0.05, 0) is 25.8 Å². The molecule has 2 atom stereocenters. The highest BCUT2D eigenvalue weighted by atomic mass is 32.1. The van der Waals surface area contributed by atoms with Gasteiger partial charge in [0.15, 0.2) is 0 Å². The fraction of sp³-hybridized carbons (Fsp3) is 0.636. The summed E-state index contributed by atoms with van der Waals surface area (Å²) >= 11 is 0.984. The van der Waals surface area contributed by atoms with Crippen molar-refractivity contribution in [1.82, 2.24) is 4.98 Å². The van der Waals surface area contributed by atoms with E-state index in [1.54, 1.807) is 13.8 Å². The largest absolute Gasteiger partial charge is 0.462 e. The standard InChI is InChI=1S/C11H16N4O4S/c1-3-19-11(18)9-6(2)14-10(20-9)8(17)7(16)4-5-13-15-12/h7-8,16-17H,3-5H2,1-2H3. The SMILES string of the molecule is CCOC(=O)c1sc(C(O)C(O)CCN=[N+]=[N-])nc1C. The second-order valence-corrected chi connectivity index (χ2v) is 4.97. The first-order valence-corrected chi connectivity index (χ1v) is 6.84. The normalized spacial score (nSPS) is 13.4. The third-order valence-electron chi connectivity index (χ3n) is 2.48. The van der Waals surface area contributed by atoms with Crippen LogP contribution in [0.2, 0.25) is 0 Å². The molecule has 0 radical (unpaired) electrons. The molecule has 8 nitrogen and oxygen atoms in total. The number of esters is 1. The van der Waals surface area contributed by atoms with Crippen molar-refractivity contribution in [2.24, 2.45) is 5.11 Å². The van der Waals surface area contributed by atoms with Crippen molar-refractivity contribution in [2.45, 2.75) is 32.5 Å². The minimum absolute atomic E-state index is 0.0732. The number of aromatic nitrogens is 1. The maximum absolute atomic E-state index is 11.6. The number of aliphatic hydroxyl groups is 2. The summed E-state index contributed by atoms with van der Waals surface area (Å²) in [6.45, 7) is 3.65. The molecule has 0 saturated heterocycles. The Bertz CT molecular complexity index is 513. The highest BCUT2D eigenvalue weighted by Crippen LogP contribution is 2.27. The molecule has 0 fully saturated rings. The van der Waals surface area contributed by atoms with Crippen LogP contribution in [0.4, 0.5) is 0 Å². The molecule has 0 aliphatic heterocycles. The molecule has 2 unspecified atom stereocenters. The maximum Gasteiger partial charge on any atom is 0.350 e. The summed E-state index contributed by atoms with van der Waals surface area (Å²) in [7, 11) is 0. The summed E-state index contributed by atoms with van der Waals surface area (Å²) in [4.78, 5) is 18.6. The first-order chi connectivity index (χ1) is 9.51. The predicted octanol–water partition coefficient (Wildman–Crippen LogP) is 1.72. The van der Waals surface area contributed by atoms with E-state index in [9.17, 15) is 15.0 Å². The minimum Gasteiger partial charge on any atom is -0.462 e. The van der Waals surface area contributed by atoms with E-state index < -0.39 is 18.2 Å². The number of ether oxygens (including phenoxy) is 1. The van der Waals surface area contributed by atoms with Crippen LogP contribution >= 0.6 is 11.3 Å². The second-order valence-electron chi connectivity index (χ2n) is 3.94. The van der Waals surface area contributed by atoms with E-state index in [2.05, 4.69) is 15.0 Å². The van der Waals surface area contributed by atoms with E-state index >= 15 is 0 Å². The first-order valence-electron chi connectivity index (χ1n) is 6.02. The molecule has 2 N–H and O–H groups in total. The summed E-state index contributed by atoms with van der Waals surface area (Å²) in [6, 6.07) is 0. The lowest BCUT2D eigenvalue weighted by atomic mass is 10.1. The molecule has 1 rings (SSSR count). The van der Waals surface area contributed by atoms with Gasteiger partial charge in [-0.25, -0.2) is 9.78 Å². The minimum atomic E-state index is -1.23. The Labute approximate surface area is 119 Å². The zero-order chi connectivity index (χ0) is 15.1. The van der Waals surface area contributed by atoms with Crippen LogP contribution in [0.5, 0.6) is 0 Å². The van der Waals surface area contributed by atoms with Crippen LogP contribution in [-0.4, -0.2) is 40.4 Å². The highest BCUT2D eigenvalue weighted by Gasteiger charge is 2.25. The summed E-state index contributed by atoms with van der Waals surface area (Å²) in [6.07, 6.45) is -2.23. The molecule has 0 bridgehead atoms. The summed E-state index contributed by atoms with van der Waals surface area (Å²) in [5, 5.41) is 23.2. The molecular weight excluding hydrogens is 284 g/mol. The van der Waals surface area contributed by atoms with E-state index in [0.29, 0.717) is 10.6 Å². The van der Waals surface area contributed by atoms with E-state index in [4.69, 9.17) is 10.3 Å². The Morgan fingerprint density at radius 3 is 2.90 bits per heavy atom. The Balaban J connectivity index is 2.78. The van der Waals surface area contributed by atoms with Crippen molar-refractivity contribution in [3.63, 3.8) is 0 Å². The van der Waals surface area contributed by atoms with E-state index in [1.165, 1.54) is 0 Å². The molecular formula is C11H16N4O4S. The summed E-state index contributed by atoms with van der Waals surface area (Å²) < 4.78 is 4.87. The molecule has 1 aromatic rings. The Kier molecular flexibility index (Phi) is 6.40. The lowest BCUT2D eigenvalue weighted by Crippen LogP contribution is -2.19. The van der Waals surface area contributed by atoms with Crippen molar-refractivity contribution in [2.75, 3.05) is 13.2 Å². The van der Waals surface area contributed by atoms with Gasteiger partial charge < -0.3 is 14.9 Å². The summed E-state index contributed by atoms with van der Waals surface area (Å²) in [5.41, 5.74) is 8.59. The number of hydrogen-bond donors (Lipinski definition) is 2. The highest BCUT2D eigenvalue weighted by molar-refractivity contribution is 7.13. The van der Waals surface area contributed by atoms with Gasteiger partial charge in [-0.2, -0.15) is 0 Å². The van der Waals surface area contributed by atoms with Crippen LogP contribution in [0.15, 0.2) is 5.11 Å². The number of aryl methyl sites for hydroxylation is 1. The van der Waals surface area contributed by atoms with Crippen molar-refractivity contribution in [1.29, 1.82) is 0 Å². The molecule has 0 aromatic carbocycles. The van der Waals surface area contributed by atoms with Gasteiger partial charge in [-0.1, -0.05) is 5.11 Å². The van der Waals surface area contributed by atoms with E-state index in [1.807, 2.05) is 0 Å². The Hall–Kier alpha value is -1.67. The third kappa shape index (κ3) is 4.17. The zero-order valence-electron chi connectivity index (χ0n) is 11.2. The monoisotopic (exact) mass is 300 g/mol. The Morgan fingerprint density at radius 2 is 2.30 bits per heavy atom. The smallest absolute Gasteiger partial charge is 0.350 e. The van der Waals surface area contributed by atoms with Crippen LogP contribution in [0, 0.1) is 6.92 Å². The van der Waals surface area contributed by atoms with Crippen molar-refractivity contribution < 1.29 is 19.7 Å². The number of rotatable bonds is 7. The van der Waals surface area contributed by atoms with Crippen LogP contribution < -0.4 is 0 Å². The van der Waals surface area contributed by atoms with Crippen LogP contribution in [0.1, 0.15) is 39.8 Å². The van der Waals surface area contributed by atoms with Crippen molar-refractivity contribution >= 4 is 17.3 Å². The number of aliphatic hydroxyl groups excluding tert-OH is 2. The zero-order valence-corrected chi connectivity index (χ0v) is 12.0. The molecule has 1 aromatic heterocycles. The average Bonchev–Trinajstić information content (AvgIpc) is 2.80. The van der Waals surface area contributed by atoms with Gasteiger partial charge in [0, 0.05) is 11.5 Å². The predicted molar refractivity (Wildman–Crippen MR) is 72.4 cm³/mol. The number of thiazole rings is 1. The molecule has 0 saturated carbocycles. The van der Waals surface area contributed by atoms with Gasteiger partial charge in [-0.15, -0.1) is 11.3 Å².